The summed E-state index contributed by atoms with van der Waals surface area (Å²) < 4.78 is 33.0. The lowest BCUT2D eigenvalue weighted by Gasteiger charge is -2.34. The van der Waals surface area contributed by atoms with Crippen molar-refractivity contribution < 1.29 is 17.9 Å². The molecule has 9 heteroatoms. The summed E-state index contributed by atoms with van der Waals surface area (Å²) in [5, 5.41) is 3.36. The zero-order valence-electron chi connectivity index (χ0n) is 17.4. The lowest BCUT2D eigenvalue weighted by atomic mass is 10.2. The fourth-order valence-electron chi connectivity index (χ4n) is 3.52. The maximum absolute atomic E-state index is 13.0. The Morgan fingerprint density at radius 1 is 1.10 bits per heavy atom. The van der Waals surface area contributed by atoms with Gasteiger partial charge in [-0.25, -0.2) is 8.42 Å². The van der Waals surface area contributed by atoms with E-state index in [2.05, 4.69) is 5.32 Å². The molecular weight excluding hydrogens is 426 g/mol. The van der Waals surface area contributed by atoms with Gasteiger partial charge in [0, 0.05) is 32.7 Å². The first-order valence-electron chi connectivity index (χ1n) is 9.62. The summed E-state index contributed by atoms with van der Waals surface area (Å²) in [5.74, 6) is -0.349. The number of halogens is 1. The number of nitrogens with zero attached hydrogens (tertiary/aromatic N) is 2. The van der Waals surface area contributed by atoms with Gasteiger partial charge in [-0.15, -0.1) is 0 Å². The minimum absolute atomic E-state index is 0.150. The molecule has 2 aromatic carbocycles. The number of anilines is 2. The average molecular weight is 452 g/mol. The second kappa shape index (κ2) is 8.93. The van der Waals surface area contributed by atoms with Crippen LogP contribution in [0.2, 0.25) is 5.02 Å². The molecule has 1 heterocycles. The van der Waals surface area contributed by atoms with Gasteiger partial charge in [-0.2, -0.15) is 4.31 Å². The normalized spacial score (nSPS) is 20.0. The Kier molecular flexibility index (Phi) is 6.71. The van der Waals surface area contributed by atoms with E-state index < -0.39 is 10.0 Å². The predicted molar refractivity (Wildman–Crippen MR) is 119 cm³/mol. The molecule has 0 aliphatic carbocycles. The summed E-state index contributed by atoms with van der Waals surface area (Å²) in [4.78, 5) is 14.7. The zero-order valence-corrected chi connectivity index (χ0v) is 19.0. The van der Waals surface area contributed by atoms with Crippen molar-refractivity contribution in [2.45, 2.75) is 31.0 Å². The molecule has 2 atom stereocenters. The van der Waals surface area contributed by atoms with E-state index in [9.17, 15) is 13.2 Å². The van der Waals surface area contributed by atoms with Crippen molar-refractivity contribution in [2.75, 3.05) is 37.4 Å². The van der Waals surface area contributed by atoms with E-state index in [0.29, 0.717) is 35.1 Å². The monoisotopic (exact) mass is 451 g/mol. The van der Waals surface area contributed by atoms with E-state index in [-0.39, 0.29) is 23.0 Å². The highest BCUT2D eigenvalue weighted by molar-refractivity contribution is 7.89. The molecule has 1 aliphatic rings. The SMILES string of the molecule is CC1CN(S(=O)(=O)c2ccc(C(=O)Nc3cccc(Cl)c3N(C)C)cc2)CC(C)O1. The van der Waals surface area contributed by atoms with Crippen LogP contribution in [0.25, 0.3) is 0 Å². The minimum atomic E-state index is -3.66. The first-order valence-corrected chi connectivity index (χ1v) is 11.4. The van der Waals surface area contributed by atoms with Gasteiger partial charge in [0.05, 0.1) is 33.5 Å². The van der Waals surface area contributed by atoms with Crippen LogP contribution in [0, 0.1) is 0 Å². The van der Waals surface area contributed by atoms with Crippen LogP contribution in [0.4, 0.5) is 11.4 Å². The van der Waals surface area contributed by atoms with Gasteiger partial charge >= 0.3 is 0 Å². The molecule has 7 nitrogen and oxygen atoms in total. The van der Waals surface area contributed by atoms with Gasteiger partial charge in [0.25, 0.3) is 5.91 Å². The fourth-order valence-corrected chi connectivity index (χ4v) is 5.45. The Morgan fingerprint density at radius 2 is 1.70 bits per heavy atom. The Bertz CT molecular complexity index is 1020. The quantitative estimate of drug-likeness (QED) is 0.753. The molecule has 1 fully saturated rings. The van der Waals surface area contributed by atoms with Crippen molar-refractivity contribution in [3.63, 3.8) is 0 Å². The van der Waals surface area contributed by atoms with E-state index in [1.54, 1.807) is 18.2 Å². The number of para-hydroxylation sites is 1. The van der Waals surface area contributed by atoms with Crippen LogP contribution in [-0.4, -0.2) is 58.0 Å². The average Bonchev–Trinajstić information content (AvgIpc) is 2.67. The molecule has 0 radical (unpaired) electrons. The number of sulfonamides is 1. The van der Waals surface area contributed by atoms with Crippen LogP contribution in [0.3, 0.4) is 0 Å². The topological polar surface area (TPSA) is 79.0 Å². The van der Waals surface area contributed by atoms with Crippen LogP contribution in [0.15, 0.2) is 47.4 Å². The largest absolute Gasteiger partial charge is 0.375 e. The van der Waals surface area contributed by atoms with Gasteiger partial charge < -0.3 is 15.0 Å². The summed E-state index contributed by atoms with van der Waals surface area (Å²) in [6.07, 6.45) is -0.339. The molecular formula is C21H26ClN3O4S. The van der Waals surface area contributed by atoms with Gasteiger partial charge in [-0.05, 0) is 50.2 Å². The smallest absolute Gasteiger partial charge is 0.255 e. The van der Waals surface area contributed by atoms with Gasteiger partial charge in [0.1, 0.15) is 0 Å². The summed E-state index contributed by atoms with van der Waals surface area (Å²) in [6.45, 7) is 4.31. The van der Waals surface area contributed by atoms with Gasteiger partial charge in [0.15, 0.2) is 0 Å². The molecule has 2 aromatic rings. The number of rotatable bonds is 5. The Balaban J connectivity index is 1.79. The number of benzene rings is 2. The second-order valence-corrected chi connectivity index (χ2v) is 9.93. The number of carbonyl (C=O) groups is 1. The Morgan fingerprint density at radius 3 is 2.27 bits per heavy atom. The summed E-state index contributed by atoms with van der Waals surface area (Å²) in [5.41, 5.74) is 1.62. The molecule has 1 aliphatic heterocycles. The number of hydrogen-bond acceptors (Lipinski definition) is 5. The van der Waals surface area contributed by atoms with E-state index >= 15 is 0 Å². The Hall–Kier alpha value is -2.13. The van der Waals surface area contributed by atoms with Crippen molar-refractivity contribution >= 4 is 38.9 Å². The van der Waals surface area contributed by atoms with Crippen LogP contribution in [0.1, 0.15) is 24.2 Å². The molecule has 0 saturated carbocycles. The molecule has 162 valence electrons. The number of nitrogens with one attached hydrogen (secondary N) is 1. The fraction of sp³-hybridized carbons (Fsp3) is 0.381. The lowest BCUT2D eigenvalue weighted by molar-refractivity contribution is -0.0440. The van der Waals surface area contributed by atoms with E-state index in [4.69, 9.17) is 16.3 Å². The summed E-state index contributed by atoms with van der Waals surface area (Å²) in [7, 11) is 0.0191. The van der Waals surface area contributed by atoms with Crippen molar-refractivity contribution in [2.24, 2.45) is 0 Å². The van der Waals surface area contributed by atoms with Crippen LogP contribution < -0.4 is 10.2 Å². The van der Waals surface area contributed by atoms with Crippen molar-refractivity contribution in [3.8, 4) is 0 Å². The lowest BCUT2D eigenvalue weighted by Crippen LogP contribution is -2.48. The first kappa shape index (κ1) is 22.6. The van der Waals surface area contributed by atoms with E-state index in [1.807, 2.05) is 32.8 Å². The van der Waals surface area contributed by atoms with Gasteiger partial charge in [-0.3, -0.25) is 4.79 Å². The second-order valence-electron chi connectivity index (χ2n) is 7.59. The third kappa shape index (κ3) is 4.78. The minimum Gasteiger partial charge on any atom is -0.375 e. The molecule has 1 N–H and O–H groups in total. The molecule has 0 spiro atoms. The molecule has 2 unspecified atom stereocenters. The number of hydrogen-bond donors (Lipinski definition) is 1. The van der Waals surface area contributed by atoms with E-state index in [0.717, 1.165) is 0 Å². The third-order valence-corrected chi connectivity index (χ3v) is 6.97. The highest BCUT2D eigenvalue weighted by Crippen LogP contribution is 2.32. The first-order chi connectivity index (χ1) is 14.1. The van der Waals surface area contributed by atoms with E-state index in [1.165, 1.54) is 28.6 Å². The highest BCUT2D eigenvalue weighted by Gasteiger charge is 2.32. The third-order valence-electron chi connectivity index (χ3n) is 4.82. The number of morpholine rings is 1. The zero-order chi connectivity index (χ0) is 22.1. The van der Waals surface area contributed by atoms with Crippen molar-refractivity contribution in [1.82, 2.24) is 4.31 Å². The molecule has 1 amide bonds. The van der Waals surface area contributed by atoms with Crippen molar-refractivity contribution in [3.05, 3.63) is 53.1 Å². The number of carbonyl (C=O) groups excluding carboxylic acids is 1. The molecule has 3 rings (SSSR count). The van der Waals surface area contributed by atoms with Gasteiger partial charge in [0.2, 0.25) is 10.0 Å². The molecule has 1 saturated heterocycles. The summed E-state index contributed by atoms with van der Waals surface area (Å²) >= 11 is 6.25. The van der Waals surface area contributed by atoms with Crippen molar-refractivity contribution in [1.29, 1.82) is 0 Å². The number of amides is 1. The maximum Gasteiger partial charge on any atom is 0.255 e. The Labute approximate surface area is 182 Å². The molecule has 30 heavy (non-hydrogen) atoms. The van der Waals surface area contributed by atoms with Crippen LogP contribution in [0.5, 0.6) is 0 Å². The molecule has 0 bridgehead atoms. The van der Waals surface area contributed by atoms with Crippen LogP contribution >= 0.6 is 11.6 Å². The summed E-state index contributed by atoms with van der Waals surface area (Å²) in [6, 6.07) is 11.2. The van der Waals surface area contributed by atoms with Gasteiger partial charge in [-0.1, -0.05) is 17.7 Å². The molecule has 0 aromatic heterocycles. The number of ether oxygens (including phenoxy) is 1. The maximum atomic E-state index is 13.0. The van der Waals surface area contributed by atoms with Crippen LogP contribution in [-0.2, 0) is 14.8 Å². The standard InChI is InChI=1S/C21H26ClN3O4S/c1-14-12-25(13-15(2)29-14)30(27,28)17-10-8-16(9-11-17)21(26)23-19-7-5-6-18(22)20(19)24(3)4/h5-11,14-15H,12-13H2,1-4H3,(H,23,26). The predicted octanol–water partition coefficient (Wildman–Crippen LogP) is 3.46. The highest BCUT2D eigenvalue weighted by atomic mass is 35.5.